The number of hydrogen-bond donors (Lipinski definition) is 1. The van der Waals surface area contributed by atoms with Gasteiger partial charge in [0.15, 0.2) is 0 Å². The van der Waals surface area contributed by atoms with E-state index in [9.17, 15) is 13.2 Å². The summed E-state index contributed by atoms with van der Waals surface area (Å²) < 4.78 is 37.4. The summed E-state index contributed by atoms with van der Waals surface area (Å²) in [6, 6.07) is 9.69. The second-order valence-corrected chi connectivity index (χ2v) is 5.31. The Morgan fingerprint density at radius 3 is 2.43 bits per heavy atom. The molecule has 0 aliphatic heterocycles. The Morgan fingerprint density at radius 2 is 1.83 bits per heavy atom. The first-order valence-electron chi connectivity index (χ1n) is 6.65. The lowest BCUT2D eigenvalue weighted by Gasteiger charge is -2.08. The average molecular weight is 343 g/mol. The van der Waals surface area contributed by atoms with Crippen LogP contribution in [0.1, 0.15) is 23.6 Å². The highest BCUT2D eigenvalue weighted by Gasteiger charge is 2.29. The maximum absolute atomic E-state index is 12.5. The fraction of sp³-hybridized carbons (Fsp3) is 0.188. The summed E-state index contributed by atoms with van der Waals surface area (Å²) >= 11 is 5.90. The summed E-state index contributed by atoms with van der Waals surface area (Å²) in [6.07, 6.45) is -4.35. The van der Waals surface area contributed by atoms with Crippen LogP contribution in [0.15, 0.2) is 47.6 Å². The van der Waals surface area contributed by atoms with Crippen molar-refractivity contribution in [2.45, 2.75) is 19.7 Å². The molecule has 0 aliphatic carbocycles. The molecule has 0 aliphatic rings. The van der Waals surface area contributed by atoms with Gasteiger partial charge in [-0.1, -0.05) is 28.9 Å². The number of alkyl halides is 3. The summed E-state index contributed by atoms with van der Waals surface area (Å²) in [6.45, 7) is 1.75. The minimum absolute atomic E-state index is 0.0515. The number of halogens is 4. The number of anilines is 1. The quantitative estimate of drug-likeness (QED) is 0.489. The lowest BCUT2D eigenvalue weighted by molar-refractivity contribution is -0.137. The van der Waals surface area contributed by atoms with Crippen LogP contribution in [0, 0.1) is 0 Å². The average Bonchev–Trinajstić information content (AvgIpc) is 2.49. The van der Waals surface area contributed by atoms with Gasteiger partial charge in [0, 0.05) is 16.3 Å². The third-order valence-electron chi connectivity index (χ3n) is 3.12. The van der Waals surface area contributed by atoms with Gasteiger partial charge < -0.3 is 10.6 Å². The van der Waals surface area contributed by atoms with E-state index in [1.54, 1.807) is 25.1 Å². The van der Waals surface area contributed by atoms with Crippen LogP contribution in [0.5, 0.6) is 0 Å². The number of benzene rings is 2. The van der Waals surface area contributed by atoms with Crippen LogP contribution >= 0.6 is 11.6 Å². The molecule has 2 N–H and O–H groups in total. The van der Waals surface area contributed by atoms with E-state index in [1.807, 2.05) is 0 Å². The largest absolute Gasteiger partial charge is 0.416 e. The van der Waals surface area contributed by atoms with Crippen LogP contribution in [0.2, 0.25) is 5.02 Å². The monoisotopic (exact) mass is 342 g/mol. The highest BCUT2D eigenvalue weighted by atomic mass is 35.5. The molecule has 0 heterocycles. The van der Waals surface area contributed by atoms with Gasteiger partial charge in [0.2, 0.25) is 0 Å². The maximum atomic E-state index is 12.5. The summed E-state index contributed by atoms with van der Waals surface area (Å²) in [5.41, 5.74) is 7.38. The van der Waals surface area contributed by atoms with Crippen LogP contribution in [0.25, 0.3) is 0 Å². The van der Waals surface area contributed by atoms with Gasteiger partial charge in [0.1, 0.15) is 6.61 Å². The molecule has 0 atom stereocenters. The van der Waals surface area contributed by atoms with Crippen molar-refractivity contribution in [3.8, 4) is 0 Å². The van der Waals surface area contributed by atoms with Crippen molar-refractivity contribution in [2.75, 3.05) is 5.73 Å². The third kappa shape index (κ3) is 4.63. The fourth-order valence-corrected chi connectivity index (χ4v) is 2.06. The topological polar surface area (TPSA) is 47.6 Å². The molecule has 0 radical (unpaired) electrons. The first kappa shape index (κ1) is 17.1. The predicted octanol–water partition coefficient (Wildman–Crippen LogP) is 4.88. The van der Waals surface area contributed by atoms with E-state index >= 15 is 0 Å². The molecule has 0 saturated heterocycles. The third-order valence-corrected chi connectivity index (χ3v) is 3.35. The van der Waals surface area contributed by atoms with Gasteiger partial charge in [-0.25, -0.2) is 0 Å². The Morgan fingerprint density at radius 1 is 1.17 bits per heavy atom. The molecule has 0 saturated carbocycles. The highest BCUT2D eigenvalue weighted by Crippen LogP contribution is 2.29. The zero-order valence-corrected chi connectivity index (χ0v) is 12.9. The molecule has 0 spiro atoms. The van der Waals surface area contributed by atoms with Gasteiger partial charge in [-0.05, 0) is 42.8 Å². The van der Waals surface area contributed by atoms with E-state index in [1.165, 1.54) is 12.1 Å². The van der Waals surface area contributed by atoms with Crippen LogP contribution in [0.3, 0.4) is 0 Å². The zero-order valence-electron chi connectivity index (χ0n) is 12.2. The number of rotatable bonds is 4. The van der Waals surface area contributed by atoms with Crippen LogP contribution in [-0.4, -0.2) is 5.71 Å². The second-order valence-electron chi connectivity index (χ2n) is 4.88. The van der Waals surface area contributed by atoms with Gasteiger partial charge in [0.25, 0.3) is 0 Å². The van der Waals surface area contributed by atoms with Gasteiger partial charge in [-0.3, -0.25) is 0 Å². The summed E-state index contributed by atoms with van der Waals surface area (Å²) in [7, 11) is 0. The molecule has 2 aromatic carbocycles. The first-order valence-corrected chi connectivity index (χ1v) is 7.03. The molecule has 0 bridgehead atoms. The van der Waals surface area contributed by atoms with Crippen molar-refractivity contribution in [2.24, 2.45) is 5.16 Å². The molecule has 0 aromatic heterocycles. The van der Waals surface area contributed by atoms with Crippen molar-refractivity contribution in [1.82, 2.24) is 0 Å². The normalized spacial score (nSPS) is 12.3. The summed E-state index contributed by atoms with van der Waals surface area (Å²) in [5, 5.41) is 4.44. The Balaban J connectivity index is 2.02. The van der Waals surface area contributed by atoms with E-state index in [4.69, 9.17) is 22.2 Å². The molecule has 2 rings (SSSR count). The van der Waals surface area contributed by atoms with Gasteiger partial charge in [-0.15, -0.1) is 0 Å². The number of hydrogen-bond acceptors (Lipinski definition) is 3. The Kier molecular flexibility index (Phi) is 5.15. The van der Waals surface area contributed by atoms with Crippen molar-refractivity contribution >= 4 is 23.0 Å². The number of oxime groups is 1. The van der Waals surface area contributed by atoms with E-state index in [0.29, 0.717) is 27.5 Å². The fourth-order valence-electron chi connectivity index (χ4n) is 1.88. The molecular weight excluding hydrogens is 329 g/mol. The van der Waals surface area contributed by atoms with Gasteiger partial charge in [-0.2, -0.15) is 13.2 Å². The second kappa shape index (κ2) is 6.91. The van der Waals surface area contributed by atoms with Crippen molar-refractivity contribution in [3.63, 3.8) is 0 Å². The molecule has 2 aromatic rings. The van der Waals surface area contributed by atoms with Crippen molar-refractivity contribution < 1.29 is 18.0 Å². The first-order chi connectivity index (χ1) is 10.8. The summed E-state index contributed by atoms with van der Waals surface area (Å²) in [4.78, 5) is 5.16. The molecule has 7 heteroatoms. The Labute approximate surface area is 136 Å². The van der Waals surface area contributed by atoms with E-state index in [0.717, 1.165) is 12.1 Å². The molecular formula is C16H14ClF3N2O. The Hall–Kier alpha value is -2.21. The zero-order chi connectivity index (χ0) is 17.0. The standard InChI is InChI=1S/C16H14ClF3N2O/c1-10(14-8-13(17)6-7-15(14)21)22-23-9-11-2-4-12(5-3-11)16(18,19)20/h2-8H,9,21H2,1H3/b22-10+. The number of nitrogens with two attached hydrogens (primary N) is 1. The van der Waals surface area contributed by atoms with Crippen molar-refractivity contribution in [3.05, 3.63) is 64.2 Å². The smallest absolute Gasteiger partial charge is 0.398 e. The van der Waals surface area contributed by atoms with Crippen LogP contribution in [-0.2, 0) is 17.6 Å². The maximum Gasteiger partial charge on any atom is 0.416 e. The molecule has 0 unspecified atom stereocenters. The number of nitrogens with zero attached hydrogens (tertiary/aromatic N) is 1. The minimum Gasteiger partial charge on any atom is -0.398 e. The van der Waals surface area contributed by atoms with Gasteiger partial charge >= 0.3 is 6.18 Å². The van der Waals surface area contributed by atoms with E-state index in [2.05, 4.69) is 5.16 Å². The molecule has 122 valence electrons. The highest BCUT2D eigenvalue weighted by molar-refractivity contribution is 6.31. The van der Waals surface area contributed by atoms with E-state index in [-0.39, 0.29) is 6.61 Å². The minimum atomic E-state index is -4.35. The van der Waals surface area contributed by atoms with Crippen LogP contribution < -0.4 is 5.73 Å². The SMILES string of the molecule is C/C(=N\OCc1ccc(C(F)(F)F)cc1)c1cc(Cl)ccc1N. The van der Waals surface area contributed by atoms with E-state index < -0.39 is 11.7 Å². The van der Waals surface area contributed by atoms with Crippen LogP contribution in [0.4, 0.5) is 18.9 Å². The molecule has 0 amide bonds. The number of nitrogen functional groups attached to an aromatic ring is 1. The lowest BCUT2D eigenvalue weighted by atomic mass is 10.1. The molecule has 3 nitrogen and oxygen atoms in total. The van der Waals surface area contributed by atoms with Gasteiger partial charge in [0.05, 0.1) is 11.3 Å². The molecule has 23 heavy (non-hydrogen) atoms. The Bertz CT molecular complexity index is 712. The summed E-state index contributed by atoms with van der Waals surface area (Å²) in [5.74, 6) is 0. The van der Waals surface area contributed by atoms with Crippen molar-refractivity contribution in [1.29, 1.82) is 0 Å². The molecule has 0 fully saturated rings. The lowest BCUT2D eigenvalue weighted by Crippen LogP contribution is -2.04. The predicted molar refractivity (Wildman–Crippen MR) is 84.3 cm³/mol.